The van der Waals surface area contributed by atoms with E-state index in [0.29, 0.717) is 5.69 Å². The van der Waals surface area contributed by atoms with E-state index in [2.05, 4.69) is 11.9 Å². The van der Waals surface area contributed by atoms with Gasteiger partial charge in [-0.1, -0.05) is 24.8 Å². The van der Waals surface area contributed by atoms with Gasteiger partial charge in [-0.25, -0.2) is 0 Å². The lowest BCUT2D eigenvalue weighted by Crippen LogP contribution is -2.14. The highest BCUT2D eigenvalue weighted by Crippen LogP contribution is 2.05. The fraction of sp³-hybridized carbons (Fsp3) is 0.0909. The lowest BCUT2D eigenvalue weighted by molar-refractivity contribution is -0.122. The molecule has 0 bridgehead atoms. The summed E-state index contributed by atoms with van der Waals surface area (Å²) in [6.45, 7) is 3.29. The second-order valence-electron chi connectivity index (χ2n) is 2.76. The number of para-hydroxylation sites is 1. The van der Waals surface area contributed by atoms with Gasteiger partial charge < -0.3 is 5.32 Å². The van der Waals surface area contributed by atoms with Crippen molar-refractivity contribution in [2.24, 2.45) is 0 Å². The minimum absolute atomic E-state index is 0.154. The summed E-state index contributed by atoms with van der Waals surface area (Å²) >= 11 is 0. The number of allylic oxidation sites excluding steroid dienone is 1. The lowest BCUT2D eigenvalue weighted by atomic mass is 10.2. The van der Waals surface area contributed by atoms with Crippen molar-refractivity contribution in [3.8, 4) is 0 Å². The molecule has 1 aromatic rings. The number of carbonyl (C=O) groups is 2. The van der Waals surface area contributed by atoms with Crippen molar-refractivity contribution in [1.82, 2.24) is 0 Å². The predicted octanol–water partition coefficient (Wildman–Crippen LogP) is 1.77. The number of rotatable bonds is 4. The van der Waals surface area contributed by atoms with Crippen molar-refractivity contribution >= 4 is 17.4 Å². The summed E-state index contributed by atoms with van der Waals surface area (Å²) in [6, 6.07) is 8.99. The number of carbonyl (C=O) groups excluding carboxylic acids is 2. The molecule has 1 N–H and O–H groups in total. The molecule has 0 saturated heterocycles. The number of amides is 1. The van der Waals surface area contributed by atoms with E-state index in [1.165, 1.54) is 0 Å². The summed E-state index contributed by atoms with van der Waals surface area (Å²) in [5, 5.41) is 2.60. The molecule has 0 aliphatic heterocycles. The maximum Gasteiger partial charge on any atom is 0.232 e. The Hall–Kier alpha value is -1.90. The number of benzene rings is 1. The molecule has 0 atom stereocenters. The van der Waals surface area contributed by atoms with Crippen LogP contribution in [0.4, 0.5) is 5.69 Å². The van der Waals surface area contributed by atoms with Crippen LogP contribution in [-0.4, -0.2) is 11.7 Å². The number of hydrogen-bond donors (Lipinski definition) is 1. The van der Waals surface area contributed by atoms with Crippen LogP contribution in [0.5, 0.6) is 0 Å². The molecule has 72 valence electrons. The number of nitrogens with one attached hydrogen (secondary N) is 1. The summed E-state index contributed by atoms with van der Waals surface area (Å²) in [7, 11) is 0. The van der Waals surface area contributed by atoms with E-state index in [1.807, 2.05) is 18.2 Å². The first-order valence-electron chi connectivity index (χ1n) is 4.22. The lowest BCUT2D eigenvalue weighted by Gasteiger charge is -2.02. The monoisotopic (exact) mass is 189 g/mol. The number of ketones is 1. The predicted molar refractivity (Wildman–Crippen MR) is 54.9 cm³/mol. The van der Waals surface area contributed by atoms with Gasteiger partial charge in [-0.2, -0.15) is 0 Å². The quantitative estimate of drug-likeness (QED) is 0.579. The van der Waals surface area contributed by atoms with Crippen LogP contribution in [0.3, 0.4) is 0 Å². The van der Waals surface area contributed by atoms with E-state index in [1.54, 1.807) is 12.1 Å². The number of anilines is 1. The average Bonchev–Trinajstić information content (AvgIpc) is 2.19. The van der Waals surface area contributed by atoms with Crippen molar-refractivity contribution < 1.29 is 9.59 Å². The van der Waals surface area contributed by atoms with Crippen LogP contribution in [-0.2, 0) is 9.59 Å². The van der Waals surface area contributed by atoms with Crippen LogP contribution in [0, 0.1) is 0 Å². The molecule has 3 nitrogen and oxygen atoms in total. The zero-order valence-corrected chi connectivity index (χ0v) is 7.69. The average molecular weight is 189 g/mol. The first-order valence-corrected chi connectivity index (χ1v) is 4.22. The molecule has 0 fully saturated rings. The van der Waals surface area contributed by atoms with Crippen molar-refractivity contribution in [2.45, 2.75) is 6.42 Å². The molecule has 0 aliphatic rings. The highest BCUT2D eigenvalue weighted by atomic mass is 16.2. The third-order valence-electron chi connectivity index (χ3n) is 1.62. The zero-order chi connectivity index (χ0) is 10.4. The first-order chi connectivity index (χ1) is 6.72. The van der Waals surface area contributed by atoms with Gasteiger partial charge in [0.2, 0.25) is 5.91 Å². The smallest absolute Gasteiger partial charge is 0.232 e. The minimum Gasteiger partial charge on any atom is -0.326 e. The molecule has 0 radical (unpaired) electrons. The summed E-state index contributed by atoms with van der Waals surface area (Å²) in [6.07, 6.45) is 0.989. The van der Waals surface area contributed by atoms with Crippen molar-refractivity contribution in [1.29, 1.82) is 0 Å². The van der Waals surface area contributed by atoms with E-state index >= 15 is 0 Å². The summed E-state index contributed by atoms with van der Waals surface area (Å²) in [4.78, 5) is 22.0. The summed E-state index contributed by atoms with van der Waals surface area (Å²) < 4.78 is 0. The Bertz CT molecular complexity index is 344. The van der Waals surface area contributed by atoms with Crippen LogP contribution in [0.2, 0.25) is 0 Å². The van der Waals surface area contributed by atoms with E-state index in [0.717, 1.165) is 6.08 Å². The van der Waals surface area contributed by atoms with Crippen LogP contribution < -0.4 is 5.32 Å². The molecule has 0 aliphatic carbocycles. The molecule has 14 heavy (non-hydrogen) atoms. The van der Waals surface area contributed by atoms with Crippen LogP contribution in [0.1, 0.15) is 6.42 Å². The van der Waals surface area contributed by atoms with Crippen LogP contribution in [0.15, 0.2) is 43.0 Å². The Balaban J connectivity index is 2.50. The summed E-state index contributed by atoms with van der Waals surface area (Å²) in [5.41, 5.74) is 0.689. The molecule has 0 heterocycles. The number of hydrogen-bond acceptors (Lipinski definition) is 2. The topological polar surface area (TPSA) is 46.2 Å². The third kappa shape index (κ3) is 3.23. The van der Waals surface area contributed by atoms with Gasteiger partial charge in [0.05, 0.1) is 6.42 Å². The van der Waals surface area contributed by atoms with Crippen molar-refractivity contribution in [2.75, 3.05) is 5.32 Å². The van der Waals surface area contributed by atoms with Gasteiger partial charge in [0.25, 0.3) is 0 Å². The molecule has 0 unspecified atom stereocenters. The standard InChI is InChI=1S/C11H11NO2/c1-2-10(13)8-11(14)12-9-6-4-3-5-7-9/h2-7H,1,8H2,(H,12,14). The first kappa shape index (κ1) is 10.2. The van der Waals surface area contributed by atoms with Gasteiger partial charge in [0, 0.05) is 5.69 Å². The second-order valence-corrected chi connectivity index (χ2v) is 2.76. The van der Waals surface area contributed by atoms with Gasteiger partial charge in [0.15, 0.2) is 5.78 Å². The fourth-order valence-electron chi connectivity index (χ4n) is 0.957. The normalized spacial score (nSPS) is 9.14. The van der Waals surface area contributed by atoms with E-state index < -0.39 is 0 Å². The Morgan fingerprint density at radius 2 is 1.93 bits per heavy atom. The third-order valence-corrected chi connectivity index (χ3v) is 1.62. The van der Waals surface area contributed by atoms with Crippen LogP contribution in [0.25, 0.3) is 0 Å². The Morgan fingerprint density at radius 1 is 1.29 bits per heavy atom. The Kier molecular flexibility index (Phi) is 3.61. The van der Waals surface area contributed by atoms with Gasteiger partial charge in [-0.15, -0.1) is 0 Å². The van der Waals surface area contributed by atoms with E-state index in [9.17, 15) is 9.59 Å². The maximum atomic E-state index is 11.2. The second kappa shape index (κ2) is 4.97. The van der Waals surface area contributed by atoms with Crippen molar-refractivity contribution in [3.63, 3.8) is 0 Å². The van der Waals surface area contributed by atoms with E-state index in [4.69, 9.17) is 0 Å². The van der Waals surface area contributed by atoms with Gasteiger partial charge in [0.1, 0.15) is 0 Å². The van der Waals surface area contributed by atoms with Gasteiger partial charge in [-0.05, 0) is 18.2 Å². The van der Waals surface area contributed by atoms with Crippen molar-refractivity contribution in [3.05, 3.63) is 43.0 Å². The molecule has 1 rings (SSSR count). The SMILES string of the molecule is C=CC(=O)CC(=O)Nc1ccccc1. The molecule has 0 spiro atoms. The fourth-order valence-corrected chi connectivity index (χ4v) is 0.957. The largest absolute Gasteiger partial charge is 0.326 e. The zero-order valence-electron chi connectivity index (χ0n) is 7.69. The molecule has 1 amide bonds. The summed E-state index contributed by atoms with van der Waals surface area (Å²) in [5.74, 6) is -0.598. The molecule has 0 aromatic heterocycles. The molecular formula is C11H11NO2. The molecule has 3 heteroatoms. The Labute approximate surface area is 82.4 Å². The molecule has 0 saturated carbocycles. The Morgan fingerprint density at radius 3 is 2.50 bits per heavy atom. The maximum absolute atomic E-state index is 11.2. The minimum atomic E-state index is -0.318. The molecule has 1 aromatic carbocycles. The van der Waals surface area contributed by atoms with Crippen LogP contribution >= 0.6 is 0 Å². The highest BCUT2D eigenvalue weighted by molar-refractivity contribution is 6.08. The highest BCUT2D eigenvalue weighted by Gasteiger charge is 2.05. The molecular weight excluding hydrogens is 178 g/mol. The van der Waals surface area contributed by atoms with Gasteiger partial charge >= 0.3 is 0 Å². The van der Waals surface area contributed by atoms with Gasteiger partial charge in [-0.3, -0.25) is 9.59 Å². The van der Waals surface area contributed by atoms with E-state index in [-0.39, 0.29) is 18.1 Å².